The van der Waals surface area contributed by atoms with Crippen LogP contribution in [-0.2, 0) is 24.4 Å². The van der Waals surface area contributed by atoms with Crippen LogP contribution in [0.25, 0.3) is 11.1 Å². The molecule has 0 saturated carbocycles. The third kappa shape index (κ3) is 6.24. The maximum absolute atomic E-state index is 13.0. The first kappa shape index (κ1) is 25.0. The predicted octanol–water partition coefficient (Wildman–Crippen LogP) is -0.928. The van der Waals surface area contributed by atoms with Gasteiger partial charge in [-0.1, -0.05) is 12.1 Å². The SMILES string of the molecule is N=C(N)NOCCC(C(N)=O)N1CCC[C@H](NS(=O)(=O)c2ccc(-c3cncnc3)cc2)C1=O. The van der Waals surface area contributed by atoms with Crippen LogP contribution >= 0.6 is 0 Å². The number of hydrogen-bond donors (Lipinski definition) is 5. The molecule has 0 aliphatic carbocycles. The Morgan fingerprint density at radius 2 is 1.88 bits per heavy atom. The predicted molar refractivity (Wildman–Crippen MR) is 121 cm³/mol. The Bertz CT molecular complexity index is 1130. The number of nitrogens with two attached hydrogens (primary N) is 2. The molecule has 2 amide bonds. The van der Waals surface area contributed by atoms with Gasteiger partial charge in [-0.25, -0.2) is 23.9 Å². The van der Waals surface area contributed by atoms with Crippen molar-refractivity contribution >= 4 is 27.8 Å². The zero-order valence-corrected chi connectivity index (χ0v) is 19.0. The van der Waals surface area contributed by atoms with E-state index in [1.54, 1.807) is 24.5 Å². The number of guanidine groups is 1. The lowest BCUT2D eigenvalue weighted by molar-refractivity contribution is -0.143. The molecule has 14 heteroatoms. The highest BCUT2D eigenvalue weighted by Gasteiger charge is 2.37. The summed E-state index contributed by atoms with van der Waals surface area (Å²) in [6, 6.07) is 4.07. The van der Waals surface area contributed by atoms with E-state index in [2.05, 4.69) is 20.2 Å². The zero-order chi connectivity index (χ0) is 24.7. The number of aromatic nitrogens is 2. The molecular formula is C20H26N8O5S. The zero-order valence-electron chi connectivity index (χ0n) is 18.2. The number of carbonyl (C=O) groups excluding carboxylic acids is 2. The van der Waals surface area contributed by atoms with Crippen molar-refractivity contribution in [1.82, 2.24) is 25.1 Å². The molecule has 2 heterocycles. The van der Waals surface area contributed by atoms with Crippen LogP contribution in [0.2, 0.25) is 0 Å². The molecule has 2 aromatic rings. The number of likely N-dealkylation sites (tertiary alicyclic amines) is 1. The molecule has 7 N–H and O–H groups in total. The lowest BCUT2D eigenvalue weighted by Crippen LogP contribution is -2.58. The molecule has 34 heavy (non-hydrogen) atoms. The number of nitrogens with one attached hydrogen (secondary N) is 3. The van der Waals surface area contributed by atoms with Gasteiger partial charge < -0.3 is 16.4 Å². The van der Waals surface area contributed by atoms with Gasteiger partial charge in [0.1, 0.15) is 18.4 Å². The van der Waals surface area contributed by atoms with Crippen molar-refractivity contribution in [2.75, 3.05) is 13.2 Å². The minimum atomic E-state index is -4.01. The highest BCUT2D eigenvalue weighted by Crippen LogP contribution is 2.22. The summed E-state index contributed by atoms with van der Waals surface area (Å²) < 4.78 is 28.3. The molecule has 1 aromatic heterocycles. The summed E-state index contributed by atoms with van der Waals surface area (Å²) >= 11 is 0. The van der Waals surface area contributed by atoms with Gasteiger partial charge in [-0.3, -0.25) is 19.8 Å². The second-order valence-electron chi connectivity index (χ2n) is 7.57. The van der Waals surface area contributed by atoms with Gasteiger partial charge in [0.2, 0.25) is 27.8 Å². The summed E-state index contributed by atoms with van der Waals surface area (Å²) in [5.41, 5.74) is 14.2. The lowest BCUT2D eigenvalue weighted by Gasteiger charge is -2.36. The number of rotatable bonds is 10. The summed E-state index contributed by atoms with van der Waals surface area (Å²) in [7, 11) is -4.01. The largest absolute Gasteiger partial charge is 0.368 e. The first-order valence-corrected chi connectivity index (χ1v) is 11.9. The molecule has 1 aliphatic heterocycles. The fourth-order valence-electron chi connectivity index (χ4n) is 3.60. The van der Waals surface area contributed by atoms with E-state index >= 15 is 0 Å². The van der Waals surface area contributed by atoms with E-state index in [0.717, 1.165) is 11.1 Å². The van der Waals surface area contributed by atoms with Crippen LogP contribution in [0.15, 0.2) is 47.9 Å². The average Bonchev–Trinajstić information content (AvgIpc) is 2.81. The van der Waals surface area contributed by atoms with Gasteiger partial charge in [-0.2, -0.15) is 4.72 Å². The topological polar surface area (TPSA) is 206 Å². The minimum Gasteiger partial charge on any atom is -0.368 e. The van der Waals surface area contributed by atoms with Crippen LogP contribution in [-0.4, -0.2) is 66.3 Å². The lowest BCUT2D eigenvalue weighted by atomic mass is 10.0. The van der Waals surface area contributed by atoms with Crippen LogP contribution in [0.3, 0.4) is 0 Å². The van der Waals surface area contributed by atoms with Crippen LogP contribution in [0.4, 0.5) is 0 Å². The number of hydroxylamine groups is 1. The Morgan fingerprint density at radius 1 is 1.21 bits per heavy atom. The Morgan fingerprint density at radius 3 is 2.50 bits per heavy atom. The number of primary amides is 1. The number of carbonyl (C=O) groups is 2. The quantitative estimate of drug-likeness (QED) is 0.120. The summed E-state index contributed by atoms with van der Waals surface area (Å²) in [5, 5.41) is 7.04. The van der Waals surface area contributed by atoms with Crippen molar-refractivity contribution in [1.29, 1.82) is 5.41 Å². The van der Waals surface area contributed by atoms with Crippen LogP contribution in [0.5, 0.6) is 0 Å². The van der Waals surface area contributed by atoms with Gasteiger partial charge in [-0.05, 0) is 30.5 Å². The molecule has 1 saturated heterocycles. The van der Waals surface area contributed by atoms with Crippen molar-refractivity contribution in [3.05, 3.63) is 43.0 Å². The molecule has 1 fully saturated rings. The van der Waals surface area contributed by atoms with E-state index in [0.29, 0.717) is 6.42 Å². The summed E-state index contributed by atoms with van der Waals surface area (Å²) in [6.45, 7) is 0.199. The number of amides is 2. The molecular weight excluding hydrogens is 464 g/mol. The number of nitrogens with zero attached hydrogens (tertiary/aromatic N) is 3. The molecule has 0 radical (unpaired) electrons. The average molecular weight is 491 g/mol. The van der Waals surface area contributed by atoms with E-state index in [1.165, 1.54) is 23.4 Å². The molecule has 182 valence electrons. The Hall–Kier alpha value is -3.62. The third-order valence-electron chi connectivity index (χ3n) is 5.21. The molecule has 3 rings (SSSR count). The maximum Gasteiger partial charge on any atom is 0.241 e. The monoisotopic (exact) mass is 490 g/mol. The first-order valence-electron chi connectivity index (χ1n) is 10.4. The fraction of sp³-hybridized carbons (Fsp3) is 0.350. The van der Waals surface area contributed by atoms with E-state index in [-0.39, 0.29) is 30.9 Å². The smallest absolute Gasteiger partial charge is 0.241 e. The normalized spacial score (nSPS) is 17.2. The molecule has 1 unspecified atom stereocenters. The fourth-order valence-corrected chi connectivity index (χ4v) is 4.82. The molecule has 13 nitrogen and oxygen atoms in total. The Kier molecular flexibility index (Phi) is 8.09. The second-order valence-corrected chi connectivity index (χ2v) is 9.28. The summed E-state index contributed by atoms with van der Waals surface area (Å²) in [5.74, 6) is -1.70. The Labute approximate surface area is 196 Å². The van der Waals surface area contributed by atoms with E-state index in [9.17, 15) is 18.0 Å². The van der Waals surface area contributed by atoms with Gasteiger partial charge in [0.15, 0.2) is 0 Å². The van der Waals surface area contributed by atoms with Gasteiger partial charge in [0.05, 0.1) is 11.5 Å². The third-order valence-corrected chi connectivity index (χ3v) is 6.70. The number of sulfonamides is 1. The first-order chi connectivity index (χ1) is 16.2. The molecule has 0 spiro atoms. The van der Waals surface area contributed by atoms with E-state index in [1.807, 2.05) is 0 Å². The number of benzene rings is 1. The van der Waals surface area contributed by atoms with Gasteiger partial charge in [-0.15, -0.1) is 0 Å². The van der Waals surface area contributed by atoms with Crippen molar-refractivity contribution in [3.8, 4) is 11.1 Å². The van der Waals surface area contributed by atoms with Crippen LogP contribution in [0.1, 0.15) is 19.3 Å². The highest BCUT2D eigenvalue weighted by molar-refractivity contribution is 7.89. The van der Waals surface area contributed by atoms with Crippen molar-refractivity contribution in [2.24, 2.45) is 11.5 Å². The van der Waals surface area contributed by atoms with Crippen molar-refractivity contribution in [3.63, 3.8) is 0 Å². The summed E-state index contributed by atoms with van der Waals surface area (Å²) in [6.07, 6.45) is 5.42. The van der Waals surface area contributed by atoms with Gasteiger partial charge in [0, 0.05) is 30.9 Å². The standard InChI is InChI=1S/C20H26N8O5S/c21-18(29)17(7-9-33-26-20(22)23)28-8-1-2-16(19(28)30)27-34(31,32)15-5-3-13(4-6-15)14-10-24-12-25-11-14/h3-6,10-12,16-17,27H,1-2,7-9H2,(H2,21,29)(H4,22,23,26)/t16-,17?/m0/s1. The minimum absolute atomic E-state index is 0.00631. The van der Waals surface area contributed by atoms with E-state index < -0.39 is 39.9 Å². The number of hydrogen-bond acceptors (Lipinski definition) is 8. The Balaban J connectivity index is 1.68. The molecule has 0 bridgehead atoms. The molecule has 1 aromatic carbocycles. The summed E-state index contributed by atoms with van der Waals surface area (Å²) in [4.78, 5) is 39.1. The maximum atomic E-state index is 13.0. The highest BCUT2D eigenvalue weighted by atomic mass is 32.2. The van der Waals surface area contributed by atoms with Crippen molar-refractivity contribution < 1.29 is 22.8 Å². The van der Waals surface area contributed by atoms with Crippen molar-refractivity contribution in [2.45, 2.75) is 36.2 Å². The van der Waals surface area contributed by atoms with E-state index in [4.69, 9.17) is 21.7 Å². The van der Waals surface area contributed by atoms with Gasteiger partial charge in [0.25, 0.3) is 0 Å². The number of piperidine rings is 1. The van der Waals surface area contributed by atoms with Crippen LogP contribution < -0.4 is 21.7 Å². The van der Waals surface area contributed by atoms with Gasteiger partial charge >= 0.3 is 0 Å². The molecule has 2 atom stereocenters. The second kappa shape index (κ2) is 11.0. The molecule has 1 aliphatic rings. The van der Waals surface area contributed by atoms with Crippen LogP contribution in [0, 0.1) is 5.41 Å².